The van der Waals surface area contributed by atoms with Crippen LogP contribution in [0.4, 0.5) is 0 Å². The summed E-state index contributed by atoms with van der Waals surface area (Å²) in [6.07, 6.45) is 0. The molecule has 8 nitrogen and oxygen atoms in total. The SMILES string of the molecule is CCn1nc(C)cc1C(=O)NCC(=O)NCCN1CCOCC1. The fourth-order valence-corrected chi connectivity index (χ4v) is 2.46. The van der Waals surface area contributed by atoms with Crippen LogP contribution in [0.2, 0.25) is 0 Å². The molecular formula is C15H25N5O3. The van der Waals surface area contributed by atoms with Gasteiger partial charge in [-0.1, -0.05) is 0 Å². The highest BCUT2D eigenvalue weighted by Gasteiger charge is 2.14. The molecule has 1 aliphatic rings. The number of nitrogens with zero attached hydrogens (tertiary/aromatic N) is 3. The van der Waals surface area contributed by atoms with E-state index >= 15 is 0 Å². The highest BCUT2D eigenvalue weighted by atomic mass is 16.5. The van der Waals surface area contributed by atoms with Gasteiger partial charge >= 0.3 is 0 Å². The third-order valence-corrected chi connectivity index (χ3v) is 3.70. The van der Waals surface area contributed by atoms with Crippen LogP contribution in [0, 0.1) is 6.92 Å². The number of carbonyl (C=O) groups is 2. The highest BCUT2D eigenvalue weighted by molar-refractivity contribution is 5.95. The van der Waals surface area contributed by atoms with Gasteiger partial charge in [-0.25, -0.2) is 0 Å². The number of hydrogen-bond acceptors (Lipinski definition) is 5. The lowest BCUT2D eigenvalue weighted by molar-refractivity contribution is -0.120. The van der Waals surface area contributed by atoms with Crippen molar-refractivity contribution >= 4 is 11.8 Å². The molecule has 2 amide bonds. The maximum atomic E-state index is 12.1. The van der Waals surface area contributed by atoms with Gasteiger partial charge in [0.25, 0.3) is 5.91 Å². The van der Waals surface area contributed by atoms with Crippen molar-refractivity contribution in [2.75, 3.05) is 45.9 Å². The summed E-state index contributed by atoms with van der Waals surface area (Å²) in [5.41, 5.74) is 1.26. The van der Waals surface area contributed by atoms with Crippen molar-refractivity contribution in [3.63, 3.8) is 0 Å². The maximum absolute atomic E-state index is 12.1. The molecule has 1 aromatic rings. The zero-order valence-corrected chi connectivity index (χ0v) is 13.8. The average Bonchev–Trinajstić information content (AvgIpc) is 2.94. The lowest BCUT2D eigenvalue weighted by Crippen LogP contribution is -2.43. The zero-order valence-electron chi connectivity index (χ0n) is 13.8. The standard InChI is InChI=1S/C15H25N5O3/c1-3-20-13(10-12(2)18-20)15(22)17-11-14(21)16-4-5-19-6-8-23-9-7-19/h10H,3-9,11H2,1-2H3,(H,16,21)(H,17,22). The second-order valence-corrected chi connectivity index (χ2v) is 5.47. The summed E-state index contributed by atoms with van der Waals surface area (Å²) < 4.78 is 6.90. The molecular weight excluding hydrogens is 298 g/mol. The molecule has 0 unspecified atom stereocenters. The van der Waals surface area contributed by atoms with Gasteiger partial charge in [0, 0.05) is 32.7 Å². The van der Waals surface area contributed by atoms with E-state index in [0.717, 1.165) is 38.5 Å². The fraction of sp³-hybridized carbons (Fsp3) is 0.667. The molecule has 0 bridgehead atoms. The molecule has 1 fully saturated rings. The van der Waals surface area contributed by atoms with Crippen LogP contribution in [-0.4, -0.2) is 72.4 Å². The van der Waals surface area contributed by atoms with Crippen LogP contribution >= 0.6 is 0 Å². The number of ether oxygens (including phenoxy) is 1. The molecule has 0 aromatic carbocycles. The van der Waals surface area contributed by atoms with Gasteiger partial charge in [-0.15, -0.1) is 0 Å². The first-order valence-electron chi connectivity index (χ1n) is 7.99. The summed E-state index contributed by atoms with van der Waals surface area (Å²) in [4.78, 5) is 26.1. The van der Waals surface area contributed by atoms with Crippen LogP contribution < -0.4 is 10.6 Å². The first-order chi connectivity index (χ1) is 11.1. The first-order valence-corrected chi connectivity index (χ1v) is 7.99. The molecule has 0 atom stereocenters. The van der Waals surface area contributed by atoms with Crippen LogP contribution in [-0.2, 0) is 16.1 Å². The molecule has 2 rings (SSSR count). The van der Waals surface area contributed by atoms with E-state index in [2.05, 4.69) is 20.6 Å². The van der Waals surface area contributed by atoms with E-state index in [1.165, 1.54) is 0 Å². The number of aromatic nitrogens is 2. The Morgan fingerprint density at radius 3 is 2.74 bits per heavy atom. The Bertz CT molecular complexity index is 537. The van der Waals surface area contributed by atoms with E-state index in [9.17, 15) is 9.59 Å². The lowest BCUT2D eigenvalue weighted by Gasteiger charge is -2.26. The van der Waals surface area contributed by atoms with Gasteiger partial charge in [0.05, 0.1) is 25.5 Å². The third-order valence-electron chi connectivity index (χ3n) is 3.70. The summed E-state index contributed by atoms with van der Waals surface area (Å²) >= 11 is 0. The van der Waals surface area contributed by atoms with Gasteiger partial charge in [-0.2, -0.15) is 5.10 Å². The van der Waals surface area contributed by atoms with E-state index in [-0.39, 0.29) is 18.4 Å². The normalized spacial score (nSPS) is 15.4. The molecule has 0 saturated carbocycles. The molecule has 0 spiro atoms. The Morgan fingerprint density at radius 2 is 2.04 bits per heavy atom. The minimum atomic E-state index is -0.282. The molecule has 128 valence electrons. The molecule has 8 heteroatoms. The van der Waals surface area contributed by atoms with Crippen LogP contribution in [0.1, 0.15) is 23.1 Å². The lowest BCUT2D eigenvalue weighted by atomic mass is 10.3. The molecule has 1 aromatic heterocycles. The van der Waals surface area contributed by atoms with Crippen molar-refractivity contribution in [1.82, 2.24) is 25.3 Å². The first kappa shape index (κ1) is 17.4. The molecule has 0 aliphatic carbocycles. The Hall–Kier alpha value is -1.93. The van der Waals surface area contributed by atoms with Crippen molar-refractivity contribution < 1.29 is 14.3 Å². The van der Waals surface area contributed by atoms with Crippen molar-refractivity contribution in [3.8, 4) is 0 Å². The largest absolute Gasteiger partial charge is 0.379 e. The van der Waals surface area contributed by atoms with Crippen LogP contribution in [0.3, 0.4) is 0 Å². The predicted octanol–water partition coefficient (Wildman–Crippen LogP) is -0.610. The molecule has 2 N–H and O–H groups in total. The van der Waals surface area contributed by atoms with Gasteiger partial charge in [-0.3, -0.25) is 19.2 Å². The summed E-state index contributed by atoms with van der Waals surface area (Å²) in [7, 11) is 0. The quantitative estimate of drug-likeness (QED) is 0.699. The number of rotatable bonds is 7. The number of nitrogens with one attached hydrogen (secondary N) is 2. The second kappa shape index (κ2) is 8.64. The van der Waals surface area contributed by atoms with Crippen LogP contribution in [0.15, 0.2) is 6.07 Å². The van der Waals surface area contributed by atoms with Gasteiger partial charge < -0.3 is 15.4 Å². The number of hydrogen-bond donors (Lipinski definition) is 2. The topological polar surface area (TPSA) is 88.5 Å². The minimum absolute atomic E-state index is 0.0319. The Balaban J connectivity index is 1.68. The van der Waals surface area contributed by atoms with Crippen molar-refractivity contribution in [1.29, 1.82) is 0 Å². The van der Waals surface area contributed by atoms with Gasteiger partial charge in [0.1, 0.15) is 5.69 Å². The maximum Gasteiger partial charge on any atom is 0.269 e. The van der Waals surface area contributed by atoms with Gasteiger partial charge in [-0.05, 0) is 19.9 Å². The van der Waals surface area contributed by atoms with Gasteiger partial charge in [0.2, 0.25) is 5.91 Å². The third kappa shape index (κ3) is 5.33. The summed E-state index contributed by atoms with van der Waals surface area (Å²) in [5.74, 6) is -0.471. The highest BCUT2D eigenvalue weighted by Crippen LogP contribution is 2.03. The monoisotopic (exact) mass is 323 g/mol. The van der Waals surface area contributed by atoms with Gasteiger partial charge in [0.15, 0.2) is 0 Å². The number of carbonyl (C=O) groups excluding carboxylic acids is 2. The molecule has 0 radical (unpaired) electrons. The number of aryl methyl sites for hydroxylation is 2. The van der Waals surface area contributed by atoms with Crippen molar-refractivity contribution in [3.05, 3.63) is 17.5 Å². The predicted molar refractivity (Wildman–Crippen MR) is 85.2 cm³/mol. The Labute approximate surface area is 136 Å². The molecule has 23 heavy (non-hydrogen) atoms. The summed E-state index contributed by atoms with van der Waals surface area (Å²) in [5, 5.41) is 9.66. The average molecular weight is 323 g/mol. The van der Waals surface area contributed by atoms with E-state index in [0.29, 0.717) is 18.8 Å². The summed E-state index contributed by atoms with van der Waals surface area (Å²) in [6, 6.07) is 1.72. The fourth-order valence-electron chi connectivity index (χ4n) is 2.46. The van der Waals surface area contributed by atoms with E-state index in [4.69, 9.17) is 4.74 Å². The Kier molecular flexibility index (Phi) is 6.54. The molecule has 1 aliphatic heterocycles. The summed E-state index contributed by atoms with van der Waals surface area (Å²) in [6.45, 7) is 8.98. The molecule has 2 heterocycles. The molecule has 1 saturated heterocycles. The van der Waals surface area contributed by atoms with Crippen molar-refractivity contribution in [2.24, 2.45) is 0 Å². The van der Waals surface area contributed by atoms with Crippen molar-refractivity contribution in [2.45, 2.75) is 20.4 Å². The number of morpholine rings is 1. The smallest absolute Gasteiger partial charge is 0.269 e. The van der Waals surface area contributed by atoms with Crippen LogP contribution in [0.5, 0.6) is 0 Å². The van der Waals surface area contributed by atoms with E-state index in [1.807, 2.05) is 13.8 Å². The zero-order chi connectivity index (χ0) is 16.7. The minimum Gasteiger partial charge on any atom is -0.379 e. The van der Waals surface area contributed by atoms with Crippen LogP contribution in [0.25, 0.3) is 0 Å². The van der Waals surface area contributed by atoms with E-state index < -0.39 is 0 Å². The number of amides is 2. The van der Waals surface area contributed by atoms with E-state index in [1.54, 1.807) is 10.7 Å². The second-order valence-electron chi connectivity index (χ2n) is 5.47. The Morgan fingerprint density at radius 1 is 1.30 bits per heavy atom.